The third-order valence-corrected chi connectivity index (χ3v) is 7.64. The average molecular weight is 534 g/mol. The van der Waals surface area contributed by atoms with Crippen LogP contribution < -0.4 is 5.73 Å². The number of aliphatic carboxylic acids is 1. The van der Waals surface area contributed by atoms with Gasteiger partial charge in [0, 0.05) is 17.9 Å². The van der Waals surface area contributed by atoms with Crippen molar-refractivity contribution >= 4 is 41.7 Å². The molecule has 4 aliphatic rings. The van der Waals surface area contributed by atoms with Gasteiger partial charge in [0.15, 0.2) is 0 Å². The van der Waals surface area contributed by atoms with Crippen molar-refractivity contribution in [2.75, 3.05) is 38.6 Å². The summed E-state index contributed by atoms with van der Waals surface area (Å²) in [6.45, 7) is 7.17. The van der Waals surface area contributed by atoms with Gasteiger partial charge in [0.1, 0.15) is 30.3 Å². The van der Waals surface area contributed by atoms with Gasteiger partial charge in [-0.3, -0.25) is 14.5 Å². The number of rotatable bonds is 7. The van der Waals surface area contributed by atoms with E-state index in [4.69, 9.17) is 15.2 Å². The number of carbonyl (C=O) groups is 5. The predicted octanol–water partition coefficient (Wildman–Crippen LogP) is 0.273. The summed E-state index contributed by atoms with van der Waals surface area (Å²) in [6.07, 6.45) is 3.05. The number of carboxylic acid groups (broad SMARTS) is 1. The van der Waals surface area contributed by atoms with E-state index in [0.29, 0.717) is 24.1 Å². The smallest absolute Gasteiger partial charge is 0.429 e. The first-order chi connectivity index (χ1) is 17.7. The van der Waals surface area contributed by atoms with Crippen LogP contribution in [0, 0.1) is 0 Å². The summed E-state index contributed by atoms with van der Waals surface area (Å²) in [5, 5.41) is 11.5. The van der Waals surface area contributed by atoms with Gasteiger partial charge >= 0.3 is 18.2 Å². The van der Waals surface area contributed by atoms with Gasteiger partial charge in [0.2, 0.25) is 11.8 Å². The predicted molar refractivity (Wildman–Crippen MR) is 130 cm³/mol. The van der Waals surface area contributed by atoms with Crippen molar-refractivity contribution in [1.82, 2.24) is 19.8 Å². The molecule has 37 heavy (non-hydrogen) atoms. The van der Waals surface area contributed by atoms with E-state index in [1.807, 2.05) is 0 Å². The Morgan fingerprint density at radius 3 is 2.22 bits per heavy atom. The van der Waals surface area contributed by atoms with Crippen molar-refractivity contribution in [2.24, 2.45) is 5.73 Å². The topological polar surface area (TPSA) is 163 Å². The molecule has 0 aromatic carbocycles. The molecule has 0 radical (unpaired) electrons. The molecule has 4 heterocycles. The molecule has 3 N–H and O–H groups in total. The average Bonchev–Trinajstić information content (AvgIpc) is 3.48. The van der Waals surface area contributed by atoms with Crippen LogP contribution in [0.25, 0.3) is 0 Å². The van der Waals surface area contributed by atoms with E-state index in [1.54, 1.807) is 0 Å². The summed E-state index contributed by atoms with van der Waals surface area (Å²) < 4.78 is 10.1. The number of ether oxygens (including phenoxy) is 2. The van der Waals surface area contributed by atoms with Gasteiger partial charge in [0.25, 0.3) is 0 Å². The number of nitrogens with two attached hydrogens (primary N) is 1. The number of carboxylic acids is 1. The molecule has 198 valence electrons. The standard InChI is InChI=1S/C23H27N5O8S/c1-3-7-35-22(33)26-10-15(11-27(26)23(34)36-8-4-2)25-6-5-13(18(25)29)9-14-12-37-20-16(24)19(30)28(20)17(14)21(31)32/h3-4,9,15-16,20H,1-2,5-8,10-12,24H2,(H,31,32)/t16-,20-/m1/s1. The Labute approximate surface area is 216 Å². The lowest BCUT2D eigenvalue weighted by atomic mass is 10.0. The van der Waals surface area contributed by atoms with Gasteiger partial charge in [-0.1, -0.05) is 25.3 Å². The normalized spacial score (nSPS) is 24.8. The Kier molecular flexibility index (Phi) is 7.59. The Morgan fingerprint density at radius 1 is 1.08 bits per heavy atom. The van der Waals surface area contributed by atoms with Crippen LogP contribution in [-0.4, -0.2) is 111 Å². The first-order valence-electron chi connectivity index (χ1n) is 11.5. The molecule has 14 heteroatoms. The molecule has 4 amide bonds. The highest BCUT2D eigenvalue weighted by atomic mass is 32.2. The number of likely N-dealkylation sites (tertiary alicyclic amines) is 1. The molecule has 4 aliphatic heterocycles. The lowest BCUT2D eigenvalue weighted by molar-refractivity contribution is -0.147. The minimum absolute atomic E-state index is 0.00103. The van der Waals surface area contributed by atoms with Crippen LogP contribution in [0.2, 0.25) is 0 Å². The monoisotopic (exact) mass is 533 g/mol. The molecule has 3 fully saturated rings. The zero-order chi connectivity index (χ0) is 26.9. The van der Waals surface area contributed by atoms with Gasteiger partial charge < -0.3 is 25.2 Å². The molecule has 4 rings (SSSR count). The van der Waals surface area contributed by atoms with Crippen molar-refractivity contribution < 1.29 is 38.6 Å². The molecule has 0 saturated carbocycles. The fourth-order valence-electron chi connectivity index (χ4n) is 4.58. The fraction of sp³-hybridized carbons (Fsp3) is 0.435. The van der Waals surface area contributed by atoms with Crippen LogP contribution in [0.4, 0.5) is 9.59 Å². The van der Waals surface area contributed by atoms with Crippen LogP contribution in [0.15, 0.2) is 48.2 Å². The number of nitrogens with zero attached hydrogens (tertiary/aromatic N) is 4. The first-order valence-corrected chi connectivity index (χ1v) is 12.5. The minimum Gasteiger partial charge on any atom is -0.477 e. The molecule has 0 aromatic heterocycles. The third-order valence-electron chi connectivity index (χ3n) is 6.32. The largest absolute Gasteiger partial charge is 0.477 e. The minimum atomic E-state index is -1.27. The van der Waals surface area contributed by atoms with Crippen LogP contribution in [0.1, 0.15) is 6.42 Å². The highest BCUT2D eigenvalue weighted by Crippen LogP contribution is 2.40. The Balaban J connectivity index is 1.53. The molecule has 0 spiro atoms. The zero-order valence-electron chi connectivity index (χ0n) is 19.9. The van der Waals surface area contributed by atoms with Gasteiger partial charge in [-0.15, -0.1) is 11.8 Å². The fourth-order valence-corrected chi connectivity index (χ4v) is 5.84. The number of allylic oxidation sites excluding steroid dienone is 1. The summed E-state index contributed by atoms with van der Waals surface area (Å²) in [5.41, 5.74) is 6.36. The highest BCUT2D eigenvalue weighted by Gasteiger charge is 2.52. The molecular formula is C23H27N5O8S. The lowest BCUT2D eigenvalue weighted by Crippen LogP contribution is -2.68. The van der Waals surface area contributed by atoms with Gasteiger partial charge in [-0.05, 0) is 18.1 Å². The lowest BCUT2D eigenvalue weighted by Gasteiger charge is -2.47. The molecular weight excluding hydrogens is 506 g/mol. The summed E-state index contributed by atoms with van der Waals surface area (Å²) >= 11 is 1.34. The maximum atomic E-state index is 13.3. The molecule has 2 atom stereocenters. The number of hydrogen-bond donors (Lipinski definition) is 2. The number of β-lactam (4-membered cyclic amide) rings is 1. The van der Waals surface area contributed by atoms with Crippen LogP contribution >= 0.6 is 11.8 Å². The van der Waals surface area contributed by atoms with Gasteiger partial charge in [0.05, 0.1) is 19.1 Å². The van der Waals surface area contributed by atoms with Crippen molar-refractivity contribution in [1.29, 1.82) is 0 Å². The van der Waals surface area contributed by atoms with E-state index in [2.05, 4.69) is 13.2 Å². The number of carbonyl (C=O) groups excluding carboxylic acids is 4. The second kappa shape index (κ2) is 10.7. The molecule has 0 aliphatic carbocycles. The summed E-state index contributed by atoms with van der Waals surface area (Å²) in [7, 11) is 0. The van der Waals surface area contributed by atoms with E-state index in [0.717, 1.165) is 10.0 Å². The second-order valence-electron chi connectivity index (χ2n) is 8.58. The molecule has 0 aromatic rings. The van der Waals surface area contributed by atoms with E-state index in [1.165, 1.54) is 39.8 Å². The number of fused-ring (bicyclic) bond motifs is 1. The first kappa shape index (κ1) is 26.3. The second-order valence-corrected chi connectivity index (χ2v) is 9.69. The maximum Gasteiger partial charge on any atom is 0.429 e. The molecule has 13 nitrogen and oxygen atoms in total. The van der Waals surface area contributed by atoms with Crippen LogP contribution in [0.5, 0.6) is 0 Å². The van der Waals surface area contributed by atoms with Crippen molar-refractivity contribution in [3.8, 4) is 0 Å². The number of hydrogen-bond acceptors (Lipinski definition) is 9. The molecule has 3 saturated heterocycles. The SMILES string of the molecule is C=CCOC(=O)N1CC(N2CCC(=CC3=C(C(=O)O)N4C(=O)[C@@H](N)[C@H]4SC3)C2=O)CN1C(=O)OCC=C. The van der Waals surface area contributed by atoms with Crippen molar-refractivity contribution in [3.63, 3.8) is 0 Å². The number of hydrazine groups is 1. The van der Waals surface area contributed by atoms with Crippen molar-refractivity contribution in [3.05, 3.63) is 48.2 Å². The Hall–Kier alpha value is -3.78. The molecule has 0 unspecified atom stereocenters. The summed E-state index contributed by atoms with van der Waals surface area (Å²) in [5.74, 6) is -1.79. The maximum absolute atomic E-state index is 13.3. The van der Waals surface area contributed by atoms with Crippen molar-refractivity contribution in [2.45, 2.75) is 23.9 Å². The number of amides is 4. The van der Waals surface area contributed by atoms with Gasteiger partial charge in [-0.25, -0.2) is 24.4 Å². The zero-order valence-corrected chi connectivity index (χ0v) is 20.7. The number of thioether (sulfide) groups is 1. The van der Waals surface area contributed by atoms with Gasteiger partial charge in [-0.2, -0.15) is 0 Å². The third kappa shape index (κ3) is 4.81. The molecule has 0 bridgehead atoms. The van der Waals surface area contributed by atoms with E-state index in [-0.39, 0.29) is 43.7 Å². The quantitative estimate of drug-likeness (QED) is 0.264. The summed E-state index contributed by atoms with van der Waals surface area (Å²) in [6, 6.07) is -1.29. The van der Waals surface area contributed by atoms with E-state index >= 15 is 0 Å². The van der Waals surface area contributed by atoms with Crippen LogP contribution in [0.3, 0.4) is 0 Å². The van der Waals surface area contributed by atoms with E-state index in [9.17, 15) is 29.1 Å². The Morgan fingerprint density at radius 2 is 1.68 bits per heavy atom. The summed E-state index contributed by atoms with van der Waals surface area (Å²) in [4.78, 5) is 65.2. The Bertz CT molecular complexity index is 1090. The van der Waals surface area contributed by atoms with E-state index < -0.39 is 41.5 Å². The van der Waals surface area contributed by atoms with Crippen LogP contribution in [-0.2, 0) is 23.9 Å². The highest BCUT2D eigenvalue weighted by molar-refractivity contribution is 8.00.